The van der Waals surface area contributed by atoms with E-state index in [0.717, 1.165) is 16.1 Å². The van der Waals surface area contributed by atoms with E-state index in [9.17, 15) is 22.7 Å². The van der Waals surface area contributed by atoms with E-state index in [1.807, 2.05) is 0 Å². The second-order valence-corrected chi connectivity index (χ2v) is 8.72. The van der Waals surface area contributed by atoms with Gasteiger partial charge < -0.3 is 14.9 Å². The van der Waals surface area contributed by atoms with Gasteiger partial charge in [-0.1, -0.05) is 5.16 Å². The molecule has 8 nitrogen and oxygen atoms in total. The highest BCUT2D eigenvalue weighted by molar-refractivity contribution is 7.90. The Morgan fingerprint density at radius 3 is 2.58 bits per heavy atom. The van der Waals surface area contributed by atoms with Crippen LogP contribution in [-0.4, -0.2) is 28.6 Å². The smallest absolute Gasteiger partial charge is 0.307 e. The summed E-state index contributed by atoms with van der Waals surface area (Å²) in [7, 11) is -4.05. The third kappa shape index (κ3) is 3.89. The summed E-state index contributed by atoms with van der Waals surface area (Å²) < 4.78 is 46.4. The summed E-state index contributed by atoms with van der Waals surface area (Å²) in [5, 5.41) is 16.4. The Bertz CT molecular complexity index is 1360. The maximum absolute atomic E-state index is 13.8. The number of fused-ring (bicyclic) bond motifs is 1. The number of anilines is 1. The van der Waals surface area contributed by atoms with Crippen LogP contribution in [0, 0.1) is 12.7 Å². The molecule has 0 amide bonds. The van der Waals surface area contributed by atoms with Gasteiger partial charge in [-0.2, -0.15) is 0 Å². The predicted octanol–water partition coefficient (Wildman–Crippen LogP) is 3.55. The molecule has 0 aliphatic carbocycles. The minimum absolute atomic E-state index is 0.0192. The number of hydrogen-bond donors (Lipinski definition) is 2. The summed E-state index contributed by atoms with van der Waals surface area (Å²) in [6, 6.07) is 11.5. The van der Waals surface area contributed by atoms with Gasteiger partial charge in [-0.25, -0.2) is 16.8 Å². The molecule has 0 radical (unpaired) electrons. The first-order chi connectivity index (χ1) is 14.8. The Hall–Kier alpha value is -3.66. The Labute approximate surface area is 177 Å². The zero-order valence-corrected chi connectivity index (χ0v) is 17.2. The van der Waals surface area contributed by atoms with E-state index in [0.29, 0.717) is 17.9 Å². The molecule has 31 heavy (non-hydrogen) atoms. The maximum atomic E-state index is 13.8. The number of nitrogens with one attached hydrogen (secondary N) is 1. The minimum Gasteiger partial charge on any atom is -0.481 e. The van der Waals surface area contributed by atoms with Crippen LogP contribution in [0.15, 0.2) is 64.2 Å². The van der Waals surface area contributed by atoms with Gasteiger partial charge in [0.1, 0.15) is 17.8 Å². The molecule has 0 saturated heterocycles. The zero-order chi connectivity index (χ0) is 22.2. The SMILES string of the molecule is Cc1c(CC(=O)O)c2cc(F)ccc2n1S(=O)(=O)c1ccc(NCc2ccon2)cc1. The van der Waals surface area contributed by atoms with Crippen molar-refractivity contribution in [1.29, 1.82) is 0 Å². The van der Waals surface area contributed by atoms with Crippen LogP contribution >= 0.6 is 0 Å². The predicted molar refractivity (Wildman–Crippen MR) is 111 cm³/mol. The fourth-order valence-corrected chi connectivity index (χ4v) is 5.06. The number of rotatable bonds is 7. The van der Waals surface area contributed by atoms with Crippen molar-refractivity contribution in [2.24, 2.45) is 0 Å². The van der Waals surface area contributed by atoms with Crippen molar-refractivity contribution in [2.45, 2.75) is 24.8 Å². The summed E-state index contributed by atoms with van der Waals surface area (Å²) in [6.45, 7) is 1.93. The van der Waals surface area contributed by atoms with E-state index >= 15 is 0 Å². The van der Waals surface area contributed by atoms with Crippen molar-refractivity contribution >= 4 is 32.6 Å². The van der Waals surface area contributed by atoms with Gasteiger partial charge in [0.15, 0.2) is 0 Å². The lowest BCUT2D eigenvalue weighted by Crippen LogP contribution is -2.15. The first-order valence-corrected chi connectivity index (χ1v) is 10.7. The van der Waals surface area contributed by atoms with E-state index in [-0.39, 0.29) is 27.1 Å². The number of hydrogen-bond acceptors (Lipinski definition) is 6. The average Bonchev–Trinajstić information content (AvgIpc) is 3.34. The monoisotopic (exact) mass is 443 g/mol. The highest BCUT2D eigenvalue weighted by Crippen LogP contribution is 2.31. The van der Waals surface area contributed by atoms with E-state index in [4.69, 9.17) is 4.52 Å². The van der Waals surface area contributed by atoms with Crippen LogP contribution in [0.1, 0.15) is 17.0 Å². The van der Waals surface area contributed by atoms with Gasteiger partial charge in [0.2, 0.25) is 0 Å². The van der Waals surface area contributed by atoms with Gasteiger partial charge in [0.05, 0.1) is 23.4 Å². The van der Waals surface area contributed by atoms with Crippen molar-refractivity contribution in [1.82, 2.24) is 9.13 Å². The molecular formula is C21H18FN3O5S. The lowest BCUT2D eigenvalue weighted by atomic mass is 10.1. The Morgan fingerprint density at radius 1 is 1.19 bits per heavy atom. The quantitative estimate of drug-likeness (QED) is 0.449. The molecule has 4 aromatic rings. The molecule has 2 aromatic carbocycles. The number of carboxylic acid groups (broad SMARTS) is 1. The van der Waals surface area contributed by atoms with Crippen LogP contribution < -0.4 is 5.32 Å². The lowest BCUT2D eigenvalue weighted by molar-refractivity contribution is -0.136. The number of carbonyl (C=O) groups is 1. The number of nitrogens with zero attached hydrogens (tertiary/aromatic N) is 2. The molecule has 0 atom stereocenters. The van der Waals surface area contributed by atoms with Gasteiger partial charge in [-0.15, -0.1) is 0 Å². The normalized spacial score (nSPS) is 11.7. The van der Waals surface area contributed by atoms with E-state index in [1.165, 1.54) is 31.4 Å². The lowest BCUT2D eigenvalue weighted by Gasteiger charge is -2.11. The molecular weight excluding hydrogens is 425 g/mol. The molecule has 2 N–H and O–H groups in total. The summed E-state index contributed by atoms with van der Waals surface area (Å²) in [5.41, 5.74) is 2.10. The first kappa shape index (κ1) is 20.6. The third-order valence-electron chi connectivity index (χ3n) is 4.93. The molecule has 2 aromatic heterocycles. The molecule has 0 saturated carbocycles. The Morgan fingerprint density at radius 2 is 1.94 bits per heavy atom. The van der Waals surface area contributed by atoms with Crippen molar-refractivity contribution in [3.63, 3.8) is 0 Å². The largest absolute Gasteiger partial charge is 0.481 e. The molecule has 0 spiro atoms. The third-order valence-corrected chi connectivity index (χ3v) is 6.75. The molecule has 2 heterocycles. The van der Waals surface area contributed by atoms with Gasteiger partial charge in [-0.3, -0.25) is 4.79 Å². The minimum atomic E-state index is -4.05. The van der Waals surface area contributed by atoms with Crippen LogP contribution in [0.4, 0.5) is 10.1 Å². The van der Waals surface area contributed by atoms with Gasteiger partial charge in [0, 0.05) is 22.8 Å². The highest BCUT2D eigenvalue weighted by Gasteiger charge is 2.26. The number of benzene rings is 2. The van der Waals surface area contributed by atoms with E-state index < -0.39 is 28.2 Å². The standard InChI is InChI=1S/C21H18FN3O5S/c1-13-18(11-21(26)27)19-10-14(22)2-7-20(19)25(13)31(28,29)17-5-3-15(4-6-17)23-12-16-8-9-30-24-16/h2-10,23H,11-12H2,1H3,(H,26,27). The molecule has 4 rings (SSSR count). The van der Waals surface area contributed by atoms with E-state index in [2.05, 4.69) is 10.5 Å². The maximum Gasteiger partial charge on any atom is 0.307 e. The summed E-state index contributed by atoms with van der Waals surface area (Å²) in [6.07, 6.45) is 1.04. The second-order valence-electron chi connectivity index (χ2n) is 6.93. The molecule has 0 aliphatic rings. The first-order valence-electron chi connectivity index (χ1n) is 9.27. The summed E-state index contributed by atoms with van der Waals surface area (Å²) in [4.78, 5) is 11.3. The molecule has 0 unspecified atom stereocenters. The molecule has 10 heteroatoms. The number of halogens is 1. The van der Waals surface area contributed by atoms with E-state index in [1.54, 1.807) is 18.2 Å². The van der Waals surface area contributed by atoms with Crippen molar-refractivity contribution in [3.05, 3.63) is 77.6 Å². The molecule has 160 valence electrons. The summed E-state index contributed by atoms with van der Waals surface area (Å²) in [5.74, 6) is -1.71. The zero-order valence-electron chi connectivity index (χ0n) is 16.4. The van der Waals surface area contributed by atoms with Crippen molar-refractivity contribution < 1.29 is 27.2 Å². The highest BCUT2D eigenvalue weighted by atomic mass is 32.2. The Kier molecular flexibility index (Phi) is 5.24. The van der Waals surface area contributed by atoms with Crippen LogP contribution in [0.2, 0.25) is 0 Å². The van der Waals surface area contributed by atoms with Crippen LogP contribution in [0.3, 0.4) is 0 Å². The van der Waals surface area contributed by atoms with Crippen molar-refractivity contribution in [2.75, 3.05) is 5.32 Å². The Balaban J connectivity index is 1.73. The fourth-order valence-electron chi connectivity index (χ4n) is 3.48. The van der Waals surface area contributed by atoms with Crippen LogP contribution in [0.25, 0.3) is 10.9 Å². The molecule has 0 bridgehead atoms. The fraction of sp³-hybridized carbons (Fsp3) is 0.143. The van der Waals surface area contributed by atoms with Gasteiger partial charge in [0.25, 0.3) is 10.0 Å². The summed E-state index contributed by atoms with van der Waals surface area (Å²) >= 11 is 0. The number of aliphatic carboxylic acids is 1. The van der Waals surface area contributed by atoms with Gasteiger partial charge >= 0.3 is 5.97 Å². The molecule has 0 fully saturated rings. The second kappa shape index (κ2) is 7.88. The number of aromatic nitrogens is 2. The van der Waals surface area contributed by atoms with Crippen molar-refractivity contribution in [3.8, 4) is 0 Å². The number of carboxylic acids is 1. The van der Waals surface area contributed by atoms with Gasteiger partial charge in [-0.05, 0) is 55.0 Å². The molecule has 0 aliphatic heterocycles. The average molecular weight is 443 g/mol. The van der Waals surface area contributed by atoms with Crippen LogP contribution in [0.5, 0.6) is 0 Å². The van der Waals surface area contributed by atoms with Crippen LogP contribution in [-0.2, 0) is 27.8 Å². The topological polar surface area (TPSA) is 114 Å².